The molecule has 0 saturated carbocycles. The normalized spacial score (nSPS) is 13.4. The van der Waals surface area contributed by atoms with E-state index >= 15 is 0 Å². The van der Waals surface area contributed by atoms with Gasteiger partial charge in [-0.2, -0.15) is 0 Å². The van der Waals surface area contributed by atoms with E-state index in [0.717, 1.165) is 11.4 Å². The molecule has 1 aliphatic carbocycles. The number of rotatable bonds is 4. The number of benzene rings is 9. The number of hydrogen-bond donors (Lipinski definition) is 0. The maximum atomic E-state index is 2.55. The molecule has 0 amide bonds. The van der Waals surface area contributed by atoms with Crippen molar-refractivity contribution in [2.75, 3.05) is 4.90 Å². The Bertz CT molecular complexity index is 2950. The minimum Gasteiger partial charge on any atom is -0.309 e. The molecule has 0 bridgehead atoms. The summed E-state index contributed by atoms with van der Waals surface area (Å²) < 4.78 is 0. The van der Waals surface area contributed by atoms with Crippen LogP contribution in [0, 0.1) is 0 Å². The molecule has 1 aliphatic rings. The molecule has 0 aromatic heterocycles. The van der Waals surface area contributed by atoms with Crippen LogP contribution in [0.5, 0.6) is 0 Å². The van der Waals surface area contributed by atoms with Crippen molar-refractivity contribution in [3.63, 3.8) is 0 Å². The van der Waals surface area contributed by atoms with Gasteiger partial charge in [0.05, 0.1) is 11.4 Å². The van der Waals surface area contributed by atoms with E-state index in [9.17, 15) is 0 Å². The lowest BCUT2D eigenvalue weighted by molar-refractivity contribution is 0.596. The lowest BCUT2D eigenvalue weighted by atomic mass is 9.82. The van der Waals surface area contributed by atoms with Crippen molar-refractivity contribution in [3.05, 3.63) is 187 Å². The fourth-order valence-electron chi connectivity index (χ4n) is 9.28. The van der Waals surface area contributed by atoms with Gasteiger partial charge in [0.2, 0.25) is 0 Å². The first-order valence-corrected chi connectivity index (χ1v) is 19.2. The van der Waals surface area contributed by atoms with Gasteiger partial charge in [-0.1, -0.05) is 168 Å². The van der Waals surface area contributed by atoms with Gasteiger partial charge in [-0.05, 0) is 113 Å². The van der Waals surface area contributed by atoms with Gasteiger partial charge in [-0.3, -0.25) is 0 Å². The zero-order valence-corrected chi connectivity index (χ0v) is 31.6. The number of nitrogens with zero attached hydrogens (tertiary/aromatic N) is 1. The summed E-state index contributed by atoms with van der Waals surface area (Å²) >= 11 is 0. The van der Waals surface area contributed by atoms with Gasteiger partial charge in [-0.25, -0.2) is 0 Å². The van der Waals surface area contributed by atoms with Crippen molar-refractivity contribution in [2.45, 2.75) is 45.4 Å². The molecule has 0 aliphatic heterocycles. The van der Waals surface area contributed by atoms with Gasteiger partial charge in [0.1, 0.15) is 0 Å². The van der Waals surface area contributed by atoms with Gasteiger partial charge < -0.3 is 4.90 Å². The van der Waals surface area contributed by atoms with E-state index < -0.39 is 0 Å². The van der Waals surface area contributed by atoms with E-state index in [4.69, 9.17) is 0 Å². The van der Waals surface area contributed by atoms with Gasteiger partial charge in [0, 0.05) is 22.1 Å². The summed E-state index contributed by atoms with van der Waals surface area (Å²) in [6.07, 6.45) is 0. The molecule has 260 valence electrons. The SMILES string of the molecule is CC(C)(C)c1ccc(N(c2ccc3c(c2)-c2cc4ccccc4cc2C3(C)C)c2ccc3ccccc3c2-c2cccc3ccccc23)c2ccccc12. The average Bonchev–Trinajstić information content (AvgIpc) is 3.40. The second kappa shape index (κ2) is 11.9. The summed E-state index contributed by atoms with van der Waals surface area (Å²) in [6, 6.07) is 63.6. The lowest BCUT2D eigenvalue weighted by Crippen LogP contribution is -2.16. The van der Waals surface area contributed by atoms with E-state index in [2.05, 4.69) is 209 Å². The second-order valence-corrected chi connectivity index (χ2v) is 16.6. The fraction of sp³-hybridized carbons (Fsp3) is 0.132. The van der Waals surface area contributed by atoms with Crippen molar-refractivity contribution >= 4 is 60.2 Å². The standard InChI is InChI=1S/C53H43N/c1-52(2,3)46-28-30-49(42-23-13-12-22-41(42)46)54(38-26-27-47-45(33-38)44-31-36-17-6-7-18-37(36)32-48(44)53(47,4)5)50-29-25-35-16-9-11-21-40(35)51(50)43-24-14-19-34-15-8-10-20-39(34)43/h6-33H,1-5H3. The second-order valence-electron chi connectivity index (χ2n) is 16.6. The van der Waals surface area contributed by atoms with E-state index in [1.54, 1.807) is 0 Å². The Morgan fingerprint density at radius 1 is 0.407 bits per heavy atom. The Balaban J connectivity index is 1.32. The van der Waals surface area contributed by atoms with Crippen LogP contribution in [-0.2, 0) is 10.8 Å². The van der Waals surface area contributed by atoms with Crippen molar-refractivity contribution in [1.29, 1.82) is 0 Å². The summed E-state index contributed by atoms with van der Waals surface area (Å²) in [5, 5.41) is 10.1. The minimum atomic E-state index is -0.115. The van der Waals surface area contributed by atoms with Crippen molar-refractivity contribution in [1.82, 2.24) is 0 Å². The van der Waals surface area contributed by atoms with Crippen LogP contribution in [0.1, 0.15) is 51.3 Å². The highest BCUT2D eigenvalue weighted by Gasteiger charge is 2.36. The molecule has 0 heterocycles. The predicted molar refractivity (Wildman–Crippen MR) is 233 cm³/mol. The molecule has 0 atom stereocenters. The third kappa shape index (κ3) is 4.92. The maximum absolute atomic E-state index is 2.55. The molecule has 0 spiro atoms. The first-order valence-electron chi connectivity index (χ1n) is 19.2. The van der Waals surface area contributed by atoms with Gasteiger partial charge in [0.25, 0.3) is 0 Å². The number of fused-ring (bicyclic) bond motifs is 7. The molecular weight excluding hydrogens is 651 g/mol. The monoisotopic (exact) mass is 693 g/mol. The summed E-state index contributed by atoms with van der Waals surface area (Å²) in [7, 11) is 0. The van der Waals surface area contributed by atoms with Crippen LogP contribution in [0.4, 0.5) is 17.1 Å². The highest BCUT2D eigenvalue weighted by atomic mass is 15.1. The topological polar surface area (TPSA) is 3.24 Å². The first kappa shape index (κ1) is 32.5. The van der Waals surface area contributed by atoms with Crippen molar-refractivity contribution in [3.8, 4) is 22.3 Å². The average molecular weight is 694 g/mol. The van der Waals surface area contributed by atoms with Crippen LogP contribution in [0.3, 0.4) is 0 Å². The molecule has 0 fully saturated rings. The molecule has 1 heteroatoms. The van der Waals surface area contributed by atoms with Gasteiger partial charge in [0.15, 0.2) is 0 Å². The van der Waals surface area contributed by atoms with Crippen molar-refractivity contribution < 1.29 is 0 Å². The zero-order valence-electron chi connectivity index (χ0n) is 31.6. The quantitative estimate of drug-likeness (QED) is 0.177. The predicted octanol–water partition coefficient (Wildman–Crippen LogP) is 15.0. The molecule has 0 N–H and O–H groups in total. The molecule has 54 heavy (non-hydrogen) atoms. The summed E-state index contributed by atoms with van der Waals surface area (Å²) in [5.41, 5.74) is 12.6. The van der Waals surface area contributed by atoms with Gasteiger partial charge in [-0.15, -0.1) is 0 Å². The summed E-state index contributed by atoms with van der Waals surface area (Å²) in [5.74, 6) is 0. The highest BCUT2D eigenvalue weighted by Crippen LogP contribution is 2.54. The van der Waals surface area contributed by atoms with Crippen LogP contribution in [0.25, 0.3) is 65.3 Å². The third-order valence-electron chi connectivity index (χ3n) is 11.9. The highest BCUT2D eigenvalue weighted by molar-refractivity contribution is 6.13. The Hall–Kier alpha value is -6.18. The Morgan fingerprint density at radius 2 is 0.981 bits per heavy atom. The van der Waals surface area contributed by atoms with Crippen LogP contribution < -0.4 is 4.90 Å². The van der Waals surface area contributed by atoms with Crippen LogP contribution in [-0.4, -0.2) is 0 Å². The van der Waals surface area contributed by atoms with Crippen LogP contribution in [0.2, 0.25) is 0 Å². The minimum absolute atomic E-state index is 0.00827. The molecule has 0 radical (unpaired) electrons. The summed E-state index contributed by atoms with van der Waals surface area (Å²) in [4.78, 5) is 2.55. The maximum Gasteiger partial charge on any atom is 0.0546 e. The van der Waals surface area contributed by atoms with E-state index in [1.807, 2.05) is 0 Å². The fourth-order valence-corrected chi connectivity index (χ4v) is 9.28. The Kier molecular flexibility index (Phi) is 7.17. The first-order chi connectivity index (χ1) is 26.2. The Labute approximate surface area is 318 Å². The van der Waals surface area contributed by atoms with E-state index in [0.29, 0.717) is 0 Å². The molecule has 10 rings (SSSR count). The third-order valence-corrected chi connectivity index (χ3v) is 11.9. The van der Waals surface area contributed by atoms with E-state index in [-0.39, 0.29) is 10.8 Å². The van der Waals surface area contributed by atoms with Crippen molar-refractivity contribution in [2.24, 2.45) is 0 Å². The molecular formula is C53H43N. The van der Waals surface area contributed by atoms with E-state index in [1.165, 1.54) is 87.7 Å². The number of hydrogen-bond acceptors (Lipinski definition) is 1. The van der Waals surface area contributed by atoms with Crippen LogP contribution >= 0.6 is 0 Å². The zero-order chi connectivity index (χ0) is 36.8. The number of anilines is 3. The molecule has 9 aromatic rings. The molecule has 9 aromatic carbocycles. The molecule has 0 saturated heterocycles. The smallest absolute Gasteiger partial charge is 0.0546 e. The Morgan fingerprint density at radius 3 is 1.72 bits per heavy atom. The molecule has 0 unspecified atom stereocenters. The largest absolute Gasteiger partial charge is 0.309 e. The van der Waals surface area contributed by atoms with Gasteiger partial charge >= 0.3 is 0 Å². The van der Waals surface area contributed by atoms with Crippen LogP contribution in [0.15, 0.2) is 170 Å². The lowest BCUT2D eigenvalue weighted by Gasteiger charge is -2.32. The molecule has 1 nitrogen and oxygen atoms in total. The summed E-state index contributed by atoms with van der Waals surface area (Å²) in [6.45, 7) is 11.7.